The van der Waals surface area contributed by atoms with Crippen LogP contribution in [-0.4, -0.2) is 38.8 Å². The summed E-state index contributed by atoms with van der Waals surface area (Å²) in [4.78, 5) is 11.9. The molecule has 0 saturated carbocycles. The fourth-order valence-electron chi connectivity index (χ4n) is 2.06. The Labute approximate surface area is 135 Å². The van der Waals surface area contributed by atoms with Crippen LogP contribution in [0.1, 0.15) is 11.3 Å². The second kappa shape index (κ2) is 7.28. The Hall–Kier alpha value is -2.35. The average molecular weight is 337 g/mol. The normalized spacial score (nSPS) is 11.2. The first-order valence-corrected chi connectivity index (χ1v) is 8.93. The highest BCUT2D eigenvalue weighted by Crippen LogP contribution is 2.16. The Morgan fingerprint density at radius 1 is 1.30 bits per heavy atom. The van der Waals surface area contributed by atoms with Crippen LogP contribution in [0.3, 0.4) is 0 Å². The van der Waals surface area contributed by atoms with Gasteiger partial charge >= 0.3 is 0 Å². The number of nitrogens with zero attached hydrogens (tertiary/aromatic N) is 2. The van der Waals surface area contributed by atoms with E-state index in [1.54, 1.807) is 6.92 Å². The minimum Gasteiger partial charge on any atom is -0.360 e. The molecule has 0 unspecified atom stereocenters. The molecule has 23 heavy (non-hydrogen) atoms. The third-order valence-electron chi connectivity index (χ3n) is 3.12. The molecule has 124 valence electrons. The van der Waals surface area contributed by atoms with E-state index in [2.05, 4.69) is 10.5 Å². The van der Waals surface area contributed by atoms with Crippen molar-refractivity contribution < 1.29 is 17.7 Å². The van der Waals surface area contributed by atoms with Crippen molar-refractivity contribution in [2.24, 2.45) is 0 Å². The smallest absolute Gasteiger partial charge is 0.233 e. The third kappa shape index (κ3) is 5.10. The van der Waals surface area contributed by atoms with Gasteiger partial charge in [-0.2, -0.15) is 0 Å². The maximum atomic E-state index is 11.9. The van der Waals surface area contributed by atoms with Gasteiger partial charge in [0.2, 0.25) is 15.9 Å². The highest BCUT2D eigenvalue weighted by atomic mass is 32.2. The Balaban J connectivity index is 1.91. The van der Waals surface area contributed by atoms with Crippen LogP contribution in [0.5, 0.6) is 0 Å². The summed E-state index contributed by atoms with van der Waals surface area (Å²) in [5.41, 5.74) is 0.900. The number of rotatable bonds is 7. The number of anilines is 1. The molecular formula is C15H19N3O4S. The van der Waals surface area contributed by atoms with E-state index in [0.29, 0.717) is 5.76 Å². The summed E-state index contributed by atoms with van der Waals surface area (Å²) < 4.78 is 29.7. The standard InChI is InChI=1S/C15H19N3O4S/c1-12-10-14(17-22-12)18(23(2,20)21)9-8-16-15(19)11-13-6-4-3-5-7-13/h3-7,10H,8-9,11H2,1-2H3,(H,16,19). The summed E-state index contributed by atoms with van der Waals surface area (Å²) in [6, 6.07) is 10.9. The van der Waals surface area contributed by atoms with Crippen LogP contribution < -0.4 is 9.62 Å². The van der Waals surface area contributed by atoms with Crippen molar-refractivity contribution in [1.82, 2.24) is 10.5 Å². The van der Waals surface area contributed by atoms with Crippen LogP contribution in [0.4, 0.5) is 5.82 Å². The summed E-state index contributed by atoms with van der Waals surface area (Å²) in [5, 5.41) is 6.41. The molecule has 0 radical (unpaired) electrons. The molecule has 1 aromatic carbocycles. The van der Waals surface area contributed by atoms with Crippen LogP contribution in [0.25, 0.3) is 0 Å². The van der Waals surface area contributed by atoms with E-state index in [-0.39, 0.29) is 31.2 Å². The van der Waals surface area contributed by atoms with Crippen molar-refractivity contribution in [3.63, 3.8) is 0 Å². The lowest BCUT2D eigenvalue weighted by atomic mass is 10.1. The molecule has 1 N–H and O–H groups in total. The number of carbonyl (C=O) groups excluding carboxylic acids is 1. The number of hydrogen-bond acceptors (Lipinski definition) is 5. The Bertz CT molecular complexity index is 756. The molecule has 0 fully saturated rings. The fourth-order valence-corrected chi connectivity index (χ4v) is 2.91. The summed E-state index contributed by atoms with van der Waals surface area (Å²) in [5.74, 6) is 0.560. The first-order valence-electron chi connectivity index (χ1n) is 7.08. The molecule has 1 heterocycles. The van der Waals surface area contributed by atoms with Crippen LogP contribution in [0.15, 0.2) is 40.9 Å². The summed E-state index contributed by atoms with van der Waals surface area (Å²) in [7, 11) is -3.50. The van der Waals surface area contributed by atoms with E-state index >= 15 is 0 Å². The average Bonchev–Trinajstić information content (AvgIpc) is 2.89. The molecule has 1 aromatic heterocycles. The molecular weight excluding hydrogens is 318 g/mol. The Morgan fingerprint density at radius 2 is 2.00 bits per heavy atom. The van der Waals surface area contributed by atoms with E-state index in [1.807, 2.05) is 30.3 Å². The van der Waals surface area contributed by atoms with E-state index in [1.165, 1.54) is 6.07 Å². The predicted octanol–water partition coefficient (Wildman–Crippen LogP) is 1.11. The van der Waals surface area contributed by atoms with Crippen molar-refractivity contribution in [2.45, 2.75) is 13.3 Å². The molecule has 1 amide bonds. The van der Waals surface area contributed by atoms with Gasteiger partial charge in [0, 0.05) is 12.6 Å². The van der Waals surface area contributed by atoms with Gasteiger partial charge in [0.25, 0.3) is 0 Å². The number of amides is 1. The van der Waals surface area contributed by atoms with Gasteiger partial charge in [-0.1, -0.05) is 35.5 Å². The molecule has 2 aromatic rings. The lowest BCUT2D eigenvalue weighted by Crippen LogP contribution is -2.38. The number of nitrogens with one attached hydrogen (secondary N) is 1. The number of sulfonamides is 1. The largest absolute Gasteiger partial charge is 0.360 e. The first-order chi connectivity index (χ1) is 10.9. The monoisotopic (exact) mass is 337 g/mol. The van der Waals surface area contributed by atoms with Crippen molar-refractivity contribution >= 4 is 21.7 Å². The second-order valence-corrected chi connectivity index (χ2v) is 7.05. The van der Waals surface area contributed by atoms with E-state index in [4.69, 9.17) is 4.52 Å². The fraction of sp³-hybridized carbons (Fsp3) is 0.333. The maximum Gasteiger partial charge on any atom is 0.233 e. The van der Waals surface area contributed by atoms with Gasteiger partial charge in [0.15, 0.2) is 5.82 Å². The minimum atomic E-state index is -3.50. The maximum absolute atomic E-state index is 11.9. The van der Waals surface area contributed by atoms with Crippen molar-refractivity contribution in [3.05, 3.63) is 47.7 Å². The quantitative estimate of drug-likeness (QED) is 0.817. The summed E-state index contributed by atoms with van der Waals surface area (Å²) in [6.07, 6.45) is 1.34. The SMILES string of the molecule is Cc1cc(N(CCNC(=O)Cc2ccccc2)S(C)(=O)=O)no1. The molecule has 0 aliphatic heterocycles. The van der Waals surface area contributed by atoms with Crippen molar-refractivity contribution in [2.75, 3.05) is 23.7 Å². The highest BCUT2D eigenvalue weighted by Gasteiger charge is 2.20. The molecule has 0 aliphatic rings. The predicted molar refractivity (Wildman–Crippen MR) is 86.6 cm³/mol. The van der Waals surface area contributed by atoms with Gasteiger partial charge in [-0.25, -0.2) is 12.7 Å². The Morgan fingerprint density at radius 3 is 2.57 bits per heavy atom. The van der Waals surface area contributed by atoms with Crippen LogP contribution >= 0.6 is 0 Å². The zero-order chi connectivity index (χ0) is 16.9. The number of aryl methyl sites for hydroxylation is 1. The molecule has 0 atom stereocenters. The van der Waals surface area contributed by atoms with Crippen LogP contribution in [0.2, 0.25) is 0 Å². The van der Waals surface area contributed by atoms with Gasteiger partial charge < -0.3 is 9.84 Å². The topological polar surface area (TPSA) is 92.5 Å². The van der Waals surface area contributed by atoms with E-state index in [0.717, 1.165) is 16.1 Å². The number of hydrogen-bond donors (Lipinski definition) is 1. The minimum absolute atomic E-state index is 0.0886. The first kappa shape index (κ1) is 17.0. The molecule has 0 saturated heterocycles. The van der Waals surface area contributed by atoms with E-state index in [9.17, 15) is 13.2 Å². The molecule has 0 spiro atoms. The highest BCUT2D eigenvalue weighted by molar-refractivity contribution is 7.92. The summed E-state index contributed by atoms with van der Waals surface area (Å²) >= 11 is 0. The molecule has 2 rings (SSSR count). The van der Waals surface area contributed by atoms with Crippen molar-refractivity contribution in [3.8, 4) is 0 Å². The van der Waals surface area contributed by atoms with Gasteiger partial charge in [-0.15, -0.1) is 0 Å². The van der Waals surface area contributed by atoms with Crippen LogP contribution in [0, 0.1) is 6.92 Å². The zero-order valence-electron chi connectivity index (χ0n) is 13.0. The lowest BCUT2D eigenvalue weighted by Gasteiger charge is -2.19. The van der Waals surface area contributed by atoms with Gasteiger partial charge in [-0.3, -0.25) is 4.79 Å². The number of aromatic nitrogens is 1. The lowest BCUT2D eigenvalue weighted by molar-refractivity contribution is -0.120. The number of benzene rings is 1. The number of carbonyl (C=O) groups is 1. The van der Waals surface area contributed by atoms with Gasteiger partial charge in [0.05, 0.1) is 19.2 Å². The zero-order valence-corrected chi connectivity index (χ0v) is 13.8. The molecule has 0 bridgehead atoms. The van der Waals surface area contributed by atoms with Gasteiger partial charge in [-0.05, 0) is 12.5 Å². The Kier molecular flexibility index (Phi) is 5.38. The molecule has 7 nitrogen and oxygen atoms in total. The molecule has 8 heteroatoms. The molecule has 0 aliphatic carbocycles. The van der Waals surface area contributed by atoms with Crippen LogP contribution in [-0.2, 0) is 21.2 Å². The summed E-state index contributed by atoms with van der Waals surface area (Å²) in [6.45, 7) is 1.95. The van der Waals surface area contributed by atoms with E-state index < -0.39 is 10.0 Å². The van der Waals surface area contributed by atoms with Gasteiger partial charge in [0.1, 0.15) is 5.76 Å². The second-order valence-electron chi connectivity index (χ2n) is 5.14. The van der Waals surface area contributed by atoms with Crippen molar-refractivity contribution in [1.29, 1.82) is 0 Å². The third-order valence-corrected chi connectivity index (χ3v) is 4.29.